The van der Waals surface area contributed by atoms with Crippen molar-refractivity contribution >= 4 is 17.5 Å². The van der Waals surface area contributed by atoms with Crippen LogP contribution in [0.1, 0.15) is 17.5 Å². The first-order valence-corrected chi connectivity index (χ1v) is 9.01. The molecule has 2 atom stereocenters. The van der Waals surface area contributed by atoms with Gasteiger partial charge in [0.2, 0.25) is 5.91 Å². The third kappa shape index (κ3) is 4.82. The maximum atomic E-state index is 12.3. The fraction of sp³-hybridized carbons (Fsp3) is 0.350. The molecular formula is C20H24ClN3O. The highest BCUT2D eigenvalue weighted by molar-refractivity contribution is 6.30. The van der Waals surface area contributed by atoms with Crippen LogP contribution in [0.2, 0.25) is 5.02 Å². The fourth-order valence-electron chi connectivity index (χ4n) is 3.39. The maximum absolute atomic E-state index is 12.3. The van der Waals surface area contributed by atoms with Crippen LogP contribution in [-0.2, 0) is 17.9 Å². The van der Waals surface area contributed by atoms with E-state index in [1.54, 1.807) is 7.05 Å². The molecule has 1 aliphatic heterocycles. The van der Waals surface area contributed by atoms with Crippen LogP contribution in [0.4, 0.5) is 0 Å². The van der Waals surface area contributed by atoms with Crippen LogP contribution in [0.5, 0.6) is 0 Å². The Hall–Kier alpha value is -1.88. The lowest BCUT2D eigenvalue weighted by molar-refractivity contribution is -0.125. The molecular weight excluding hydrogens is 334 g/mol. The van der Waals surface area contributed by atoms with Crippen LogP contribution in [0, 0.1) is 0 Å². The number of benzene rings is 2. The molecule has 4 nitrogen and oxygen atoms in total. The first-order chi connectivity index (χ1) is 12.2. The minimum Gasteiger partial charge on any atom is -0.358 e. The highest BCUT2D eigenvalue weighted by atomic mass is 35.5. The zero-order chi connectivity index (χ0) is 17.6. The first-order valence-electron chi connectivity index (χ1n) is 8.63. The summed E-state index contributed by atoms with van der Waals surface area (Å²) in [5.74, 6) is 0.0861. The standard InChI is InChI=1S/C20H24ClN3O/c1-22-20(25)19-11-18(23-12-16-8-5-9-17(21)10-16)14-24(19)13-15-6-3-2-4-7-15/h2-10,18-19,23H,11-14H2,1H3,(H,22,25)/t18-,19-/m0/s1. The summed E-state index contributed by atoms with van der Waals surface area (Å²) in [6.07, 6.45) is 0.813. The van der Waals surface area contributed by atoms with E-state index in [9.17, 15) is 4.79 Å². The molecule has 1 amide bonds. The molecule has 0 spiro atoms. The average molecular weight is 358 g/mol. The summed E-state index contributed by atoms with van der Waals surface area (Å²) in [5, 5.41) is 7.12. The second-order valence-corrected chi connectivity index (χ2v) is 6.92. The van der Waals surface area contributed by atoms with Gasteiger partial charge in [-0.1, -0.05) is 54.1 Å². The number of halogens is 1. The summed E-state index contributed by atoms with van der Waals surface area (Å²) < 4.78 is 0. The van der Waals surface area contributed by atoms with E-state index in [1.165, 1.54) is 5.56 Å². The van der Waals surface area contributed by atoms with Crippen molar-refractivity contribution in [2.24, 2.45) is 0 Å². The number of rotatable bonds is 6. The molecule has 0 radical (unpaired) electrons. The Morgan fingerprint density at radius 3 is 2.64 bits per heavy atom. The summed E-state index contributed by atoms with van der Waals surface area (Å²) in [7, 11) is 1.70. The Labute approximate surface area is 154 Å². The summed E-state index contributed by atoms with van der Waals surface area (Å²) >= 11 is 6.05. The Balaban J connectivity index is 1.63. The van der Waals surface area contributed by atoms with Crippen molar-refractivity contribution in [1.29, 1.82) is 0 Å². The molecule has 0 saturated carbocycles. The van der Waals surface area contributed by atoms with Crippen LogP contribution < -0.4 is 10.6 Å². The van der Waals surface area contributed by atoms with Gasteiger partial charge < -0.3 is 10.6 Å². The number of likely N-dealkylation sites (N-methyl/N-ethyl adjacent to an activating group) is 1. The number of carbonyl (C=O) groups is 1. The van der Waals surface area contributed by atoms with Crippen LogP contribution in [0.3, 0.4) is 0 Å². The highest BCUT2D eigenvalue weighted by Gasteiger charge is 2.35. The number of likely N-dealkylation sites (tertiary alicyclic amines) is 1. The summed E-state index contributed by atoms with van der Waals surface area (Å²) in [5.41, 5.74) is 2.39. The van der Waals surface area contributed by atoms with Crippen LogP contribution in [0.15, 0.2) is 54.6 Å². The molecule has 2 aromatic rings. The molecule has 25 heavy (non-hydrogen) atoms. The Kier molecular flexibility index (Phi) is 6.08. The summed E-state index contributed by atoms with van der Waals surface area (Å²) in [6, 6.07) is 18.4. The van der Waals surface area contributed by atoms with E-state index < -0.39 is 0 Å². The minimum atomic E-state index is -0.0953. The topological polar surface area (TPSA) is 44.4 Å². The molecule has 0 aliphatic carbocycles. The van der Waals surface area contributed by atoms with E-state index in [2.05, 4.69) is 33.7 Å². The number of hydrogen-bond donors (Lipinski definition) is 2. The molecule has 0 aromatic heterocycles. The highest BCUT2D eigenvalue weighted by Crippen LogP contribution is 2.21. The van der Waals surface area contributed by atoms with Crippen molar-refractivity contribution in [3.63, 3.8) is 0 Å². The second-order valence-electron chi connectivity index (χ2n) is 6.49. The van der Waals surface area contributed by atoms with Gasteiger partial charge in [-0.3, -0.25) is 9.69 Å². The van der Waals surface area contributed by atoms with Gasteiger partial charge in [-0.25, -0.2) is 0 Å². The number of nitrogens with zero attached hydrogens (tertiary/aromatic N) is 1. The van der Waals surface area contributed by atoms with Crippen LogP contribution >= 0.6 is 11.6 Å². The van der Waals surface area contributed by atoms with Gasteiger partial charge in [0.1, 0.15) is 0 Å². The van der Waals surface area contributed by atoms with Gasteiger partial charge in [-0.05, 0) is 29.7 Å². The van der Waals surface area contributed by atoms with E-state index in [0.717, 1.165) is 36.6 Å². The Bertz CT molecular complexity index is 707. The van der Waals surface area contributed by atoms with Crippen molar-refractivity contribution < 1.29 is 4.79 Å². The minimum absolute atomic E-state index is 0.0861. The third-order valence-electron chi connectivity index (χ3n) is 4.66. The Morgan fingerprint density at radius 2 is 1.92 bits per heavy atom. The maximum Gasteiger partial charge on any atom is 0.237 e. The zero-order valence-electron chi connectivity index (χ0n) is 14.4. The quantitative estimate of drug-likeness (QED) is 0.835. The number of amides is 1. The summed E-state index contributed by atoms with van der Waals surface area (Å²) in [4.78, 5) is 14.5. The largest absolute Gasteiger partial charge is 0.358 e. The fourth-order valence-corrected chi connectivity index (χ4v) is 3.61. The molecule has 1 heterocycles. The van der Waals surface area contributed by atoms with E-state index in [4.69, 9.17) is 11.6 Å². The van der Waals surface area contributed by atoms with Gasteiger partial charge in [0.25, 0.3) is 0 Å². The lowest BCUT2D eigenvalue weighted by Gasteiger charge is -2.22. The van der Waals surface area contributed by atoms with Crippen molar-refractivity contribution in [3.05, 3.63) is 70.7 Å². The van der Waals surface area contributed by atoms with Gasteiger partial charge >= 0.3 is 0 Å². The van der Waals surface area contributed by atoms with Crippen LogP contribution in [-0.4, -0.2) is 36.5 Å². The molecule has 1 aliphatic rings. The van der Waals surface area contributed by atoms with Gasteiger partial charge in [0.05, 0.1) is 6.04 Å². The summed E-state index contributed by atoms with van der Waals surface area (Å²) in [6.45, 7) is 2.40. The molecule has 2 aromatic carbocycles. The monoisotopic (exact) mass is 357 g/mol. The van der Waals surface area contributed by atoms with Gasteiger partial charge in [-0.2, -0.15) is 0 Å². The molecule has 3 rings (SSSR count). The van der Waals surface area contributed by atoms with E-state index in [0.29, 0.717) is 0 Å². The predicted octanol–water partition coefficient (Wildman–Crippen LogP) is 2.82. The lowest BCUT2D eigenvalue weighted by atomic mass is 10.1. The molecule has 2 N–H and O–H groups in total. The van der Waals surface area contributed by atoms with E-state index in [-0.39, 0.29) is 18.0 Å². The smallest absolute Gasteiger partial charge is 0.237 e. The van der Waals surface area contributed by atoms with Gasteiger partial charge in [0, 0.05) is 37.7 Å². The third-order valence-corrected chi connectivity index (χ3v) is 4.90. The number of hydrogen-bond acceptors (Lipinski definition) is 3. The zero-order valence-corrected chi connectivity index (χ0v) is 15.2. The SMILES string of the molecule is CNC(=O)[C@@H]1C[C@H](NCc2cccc(Cl)c2)CN1Cc1ccccc1. The molecule has 5 heteroatoms. The molecule has 1 saturated heterocycles. The normalized spacial score (nSPS) is 20.6. The number of carbonyl (C=O) groups excluding carboxylic acids is 1. The lowest BCUT2D eigenvalue weighted by Crippen LogP contribution is -2.41. The molecule has 0 unspecified atom stereocenters. The predicted molar refractivity (Wildman–Crippen MR) is 101 cm³/mol. The van der Waals surface area contributed by atoms with Crippen molar-refractivity contribution in [2.75, 3.05) is 13.6 Å². The number of nitrogens with one attached hydrogen (secondary N) is 2. The Morgan fingerprint density at radius 1 is 1.16 bits per heavy atom. The second kappa shape index (κ2) is 8.48. The van der Waals surface area contributed by atoms with Gasteiger partial charge in [0.15, 0.2) is 0 Å². The van der Waals surface area contributed by atoms with Crippen molar-refractivity contribution in [3.8, 4) is 0 Å². The molecule has 1 fully saturated rings. The van der Waals surface area contributed by atoms with Crippen molar-refractivity contribution in [2.45, 2.75) is 31.6 Å². The average Bonchev–Trinajstić information content (AvgIpc) is 3.03. The van der Waals surface area contributed by atoms with Gasteiger partial charge in [-0.15, -0.1) is 0 Å². The van der Waals surface area contributed by atoms with E-state index >= 15 is 0 Å². The first kappa shape index (κ1) is 17.9. The van der Waals surface area contributed by atoms with E-state index in [1.807, 2.05) is 36.4 Å². The molecule has 0 bridgehead atoms. The molecule has 132 valence electrons. The van der Waals surface area contributed by atoms with Crippen LogP contribution in [0.25, 0.3) is 0 Å². The van der Waals surface area contributed by atoms with Crippen molar-refractivity contribution in [1.82, 2.24) is 15.5 Å².